The second-order valence-electron chi connectivity index (χ2n) is 5.82. The van der Waals surface area contributed by atoms with E-state index >= 15 is 0 Å². The van der Waals surface area contributed by atoms with Gasteiger partial charge in [0.2, 0.25) is 5.91 Å². The second-order valence-corrected chi connectivity index (χ2v) is 5.82. The van der Waals surface area contributed by atoms with Gasteiger partial charge in [-0.05, 0) is 5.41 Å². The van der Waals surface area contributed by atoms with Crippen molar-refractivity contribution in [1.29, 1.82) is 0 Å². The predicted molar refractivity (Wildman–Crippen MR) is 75.0 cm³/mol. The van der Waals surface area contributed by atoms with Gasteiger partial charge in [0.1, 0.15) is 6.54 Å². The fraction of sp³-hybridized carbons (Fsp3) is 0.538. The number of hydrogen-bond acceptors (Lipinski definition) is 4. The minimum atomic E-state index is -1.02. The molecule has 8 nitrogen and oxygen atoms in total. The Morgan fingerprint density at radius 2 is 2.00 bits per heavy atom. The van der Waals surface area contributed by atoms with Crippen molar-refractivity contribution in [3.63, 3.8) is 0 Å². The minimum Gasteiger partial charge on any atom is -0.481 e. The van der Waals surface area contributed by atoms with Crippen molar-refractivity contribution in [2.45, 2.75) is 39.8 Å². The summed E-state index contributed by atoms with van der Waals surface area (Å²) in [5, 5.41) is 11.5. The van der Waals surface area contributed by atoms with Gasteiger partial charge in [-0.1, -0.05) is 20.8 Å². The highest BCUT2D eigenvalue weighted by molar-refractivity contribution is 5.77. The van der Waals surface area contributed by atoms with Gasteiger partial charge in [-0.2, -0.15) is 0 Å². The molecule has 0 aliphatic heterocycles. The van der Waals surface area contributed by atoms with Gasteiger partial charge < -0.3 is 10.4 Å². The summed E-state index contributed by atoms with van der Waals surface area (Å²) in [6.45, 7) is 5.15. The summed E-state index contributed by atoms with van der Waals surface area (Å²) in [6.07, 6.45) is 1.000. The average molecular weight is 297 g/mol. The van der Waals surface area contributed by atoms with Crippen LogP contribution >= 0.6 is 0 Å². The van der Waals surface area contributed by atoms with Gasteiger partial charge in [-0.25, -0.2) is 4.79 Å². The zero-order valence-corrected chi connectivity index (χ0v) is 12.2. The van der Waals surface area contributed by atoms with E-state index in [1.54, 1.807) is 0 Å². The quantitative estimate of drug-likeness (QED) is 0.679. The highest BCUT2D eigenvalue weighted by Crippen LogP contribution is 2.21. The third-order valence-electron chi connectivity index (χ3n) is 2.97. The van der Waals surface area contributed by atoms with E-state index in [0.29, 0.717) is 0 Å². The van der Waals surface area contributed by atoms with Gasteiger partial charge in [0, 0.05) is 18.3 Å². The van der Waals surface area contributed by atoms with Crippen LogP contribution in [0.2, 0.25) is 0 Å². The number of hydrogen-bond donors (Lipinski definition) is 3. The van der Waals surface area contributed by atoms with Gasteiger partial charge in [-0.3, -0.25) is 23.9 Å². The minimum absolute atomic E-state index is 0.213. The number of rotatable bonds is 5. The van der Waals surface area contributed by atoms with E-state index in [-0.39, 0.29) is 13.0 Å². The van der Waals surface area contributed by atoms with Crippen LogP contribution in [0.5, 0.6) is 0 Å². The molecule has 0 bridgehead atoms. The number of carboxylic acid groups (broad SMARTS) is 1. The number of carboxylic acids is 1. The molecule has 0 spiro atoms. The molecule has 1 amide bonds. The lowest BCUT2D eigenvalue weighted by atomic mass is 9.84. The fourth-order valence-electron chi connectivity index (χ4n) is 1.71. The molecule has 116 valence electrons. The number of aromatic amines is 1. The summed E-state index contributed by atoms with van der Waals surface area (Å²) in [4.78, 5) is 47.2. The van der Waals surface area contributed by atoms with Crippen molar-refractivity contribution in [3.05, 3.63) is 33.1 Å². The van der Waals surface area contributed by atoms with Crippen molar-refractivity contribution in [1.82, 2.24) is 14.9 Å². The van der Waals surface area contributed by atoms with Gasteiger partial charge in [-0.15, -0.1) is 0 Å². The van der Waals surface area contributed by atoms with E-state index in [9.17, 15) is 19.2 Å². The van der Waals surface area contributed by atoms with Crippen molar-refractivity contribution >= 4 is 11.9 Å². The summed E-state index contributed by atoms with van der Waals surface area (Å²) in [6, 6.07) is 0.564. The number of nitrogens with zero attached hydrogens (tertiary/aromatic N) is 1. The molecule has 1 aromatic rings. The number of aromatic nitrogens is 2. The van der Waals surface area contributed by atoms with E-state index in [1.165, 1.54) is 6.20 Å². The molecule has 1 atom stereocenters. The van der Waals surface area contributed by atoms with Crippen LogP contribution in [0.4, 0.5) is 0 Å². The number of carbonyl (C=O) groups excluding carboxylic acids is 1. The van der Waals surface area contributed by atoms with E-state index in [0.717, 1.165) is 10.6 Å². The summed E-state index contributed by atoms with van der Waals surface area (Å²) >= 11 is 0. The normalized spacial score (nSPS) is 12.7. The first kappa shape index (κ1) is 16.7. The fourth-order valence-corrected chi connectivity index (χ4v) is 1.71. The molecule has 8 heteroatoms. The zero-order chi connectivity index (χ0) is 16.2. The molecule has 0 aliphatic carbocycles. The third kappa shape index (κ3) is 5.25. The van der Waals surface area contributed by atoms with Crippen LogP contribution in [0.15, 0.2) is 21.9 Å². The number of aliphatic carboxylic acids is 1. The molecule has 0 saturated heterocycles. The maximum Gasteiger partial charge on any atom is 0.328 e. The standard InChI is InChI=1S/C13H19N3O5/c1-13(2,3)8(6-11(19)20)14-10(18)7-16-5-4-9(17)15-12(16)21/h4-5,8H,6-7H2,1-3H3,(H,14,18)(H,19,20)(H,15,17,21). The molecule has 0 aromatic carbocycles. The lowest BCUT2D eigenvalue weighted by molar-refractivity contribution is -0.138. The van der Waals surface area contributed by atoms with Gasteiger partial charge in [0.25, 0.3) is 5.56 Å². The summed E-state index contributed by atoms with van der Waals surface area (Å²) in [7, 11) is 0. The van der Waals surface area contributed by atoms with Crippen LogP contribution < -0.4 is 16.6 Å². The molecule has 0 radical (unpaired) electrons. The van der Waals surface area contributed by atoms with Crippen LogP contribution in [-0.2, 0) is 16.1 Å². The lowest BCUT2D eigenvalue weighted by Gasteiger charge is -2.30. The van der Waals surface area contributed by atoms with Crippen LogP contribution in [0.25, 0.3) is 0 Å². The van der Waals surface area contributed by atoms with Crippen molar-refractivity contribution < 1.29 is 14.7 Å². The predicted octanol–water partition coefficient (Wildman–Crippen LogP) is -0.458. The molecule has 21 heavy (non-hydrogen) atoms. The largest absolute Gasteiger partial charge is 0.481 e. The highest BCUT2D eigenvalue weighted by atomic mass is 16.4. The third-order valence-corrected chi connectivity index (χ3v) is 2.97. The van der Waals surface area contributed by atoms with Gasteiger partial charge >= 0.3 is 11.7 Å². The molecule has 0 fully saturated rings. The molecular weight excluding hydrogens is 278 g/mol. The molecular formula is C13H19N3O5. The molecule has 0 aliphatic rings. The first-order valence-electron chi connectivity index (χ1n) is 6.40. The van der Waals surface area contributed by atoms with Crippen LogP contribution in [0.3, 0.4) is 0 Å². The first-order chi connectivity index (χ1) is 9.59. The zero-order valence-electron chi connectivity index (χ0n) is 12.2. The number of amides is 1. The van der Waals surface area contributed by atoms with Crippen LogP contribution in [0, 0.1) is 5.41 Å². The van der Waals surface area contributed by atoms with E-state index in [1.807, 2.05) is 25.8 Å². The Labute approximate surface area is 120 Å². The first-order valence-corrected chi connectivity index (χ1v) is 6.40. The number of H-pyrrole nitrogens is 1. The summed E-state index contributed by atoms with van der Waals surface area (Å²) in [5.41, 5.74) is -1.68. The van der Waals surface area contributed by atoms with Crippen LogP contribution in [-0.4, -0.2) is 32.6 Å². The van der Waals surface area contributed by atoms with Gasteiger partial charge in [0.15, 0.2) is 0 Å². The Morgan fingerprint density at radius 3 is 2.48 bits per heavy atom. The van der Waals surface area contributed by atoms with E-state index in [4.69, 9.17) is 5.11 Å². The number of carbonyl (C=O) groups is 2. The Bertz CT molecular complexity index is 638. The monoisotopic (exact) mass is 297 g/mol. The van der Waals surface area contributed by atoms with Crippen LogP contribution in [0.1, 0.15) is 27.2 Å². The van der Waals surface area contributed by atoms with E-state index < -0.39 is 34.6 Å². The molecule has 0 saturated carbocycles. The smallest absolute Gasteiger partial charge is 0.328 e. The SMILES string of the molecule is CC(C)(C)C(CC(=O)O)NC(=O)Cn1ccc(=O)[nH]c1=O. The number of nitrogens with one attached hydrogen (secondary N) is 2. The van der Waals surface area contributed by atoms with Gasteiger partial charge in [0.05, 0.1) is 6.42 Å². The molecule has 1 rings (SSSR count). The Balaban J connectivity index is 2.81. The van der Waals surface area contributed by atoms with E-state index in [2.05, 4.69) is 5.32 Å². The molecule has 3 N–H and O–H groups in total. The van der Waals surface area contributed by atoms with Crippen molar-refractivity contribution in [3.8, 4) is 0 Å². The highest BCUT2D eigenvalue weighted by Gasteiger charge is 2.28. The summed E-state index contributed by atoms with van der Waals surface area (Å²) in [5.74, 6) is -1.51. The molecule has 1 aromatic heterocycles. The topological polar surface area (TPSA) is 121 Å². The second kappa shape index (κ2) is 6.38. The molecule has 1 unspecified atom stereocenters. The van der Waals surface area contributed by atoms with Crippen molar-refractivity contribution in [2.75, 3.05) is 0 Å². The Kier molecular flexibility index (Phi) is 5.07. The maximum absolute atomic E-state index is 11.9. The lowest BCUT2D eigenvalue weighted by Crippen LogP contribution is -2.47. The maximum atomic E-state index is 11.9. The Hall–Kier alpha value is -2.38. The van der Waals surface area contributed by atoms with Crippen molar-refractivity contribution in [2.24, 2.45) is 5.41 Å². The molecule has 1 heterocycles. The Morgan fingerprint density at radius 1 is 1.38 bits per heavy atom. The average Bonchev–Trinajstić information content (AvgIpc) is 2.30. The summed E-state index contributed by atoms with van der Waals surface area (Å²) < 4.78 is 1.04.